The molecule has 5 heteroatoms. The van der Waals surface area contributed by atoms with Crippen molar-refractivity contribution in [3.8, 4) is 5.75 Å². The Hall–Kier alpha value is -1.75. The van der Waals surface area contributed by atoms with E-state index >= 15 is 0 Å². The average molecular weight is 263 g/mol. The third kappa shape index (κ3) is 2.98. The minimum Gasteiger partial charge on any atom is -0.497 e. The fraction of sp³-hybridized carbons (Fsp3) is 0.500. The van der Waals surface area contributed by atoms with Crippen molar-refractivity contribution in [2.45, 2.75) is 18.4 Å². The Balaban J connectivity index is 2.23. The van der Waals surface area contributed by atoms with Crippen molar-refractivity contribution in [3.63, 3.8) is 0 Å². The molecule has 0 saturated carbocycles. The molecule has 1 heterocycles. The van der Waals surface area contributed by atoms with Crippen molar-refractivity contribution in [2.75, 3.05) is 32.6 Å². The number of nitrogens with one attached hydrogen (secondary N) is 1. The SMILES string of the molecule is COc1cccc(NC2(C(N)=O)CCCN(C)C2)c1. The quantitative estimate of drug-likeness (QED) is 0.852. The van der Waals surface area contributed by atoms with Gasteiger partial charge in [0.1, 0.15) is 11.3 Å². The first kappa shape index (κ1) is 13.7. The minimum absolute atomic E-state index is 0.304. The van der Waals surface area contributed by atoms with Crippen LogP contribution in [-0.4, -0.2) is 43.6 Å². The zero-order chi connectivity index (χ0) is 13.9. The van der Waals surface area contributed by atoms with Gasteiger partial charge in [-0.05, 0) is 38.6 Å². The molecule has 1 aromatic rings. The molecule has 1 unspecified atom stereocenters. The molecule has 1 saturated heterocycles. The summed E-state index contributed by atoms with van der Waals surface area (Å²) in [7, 11) is 3.63. The minimum atomic E-state index is -0.695. The molecule has 0 radical (unpaired) electrons. The van der Waals surface area contributed by atoms with Crippen LogP contribution in [0, 0.1) is 0 Å². The molecule has 2 rings (SSSR count). The molecule has 1 amide bonds. The number of carbonyl (C=O) groups is 1. The topological polar surface area (TPSA) is 67.6 Å². The number of piperidine rings is 1. The summed E-state index contributed by atoms with van der Waals surface area (Å²) in [6.45, 7) is 1.62. The van der Waals surface area contributed by atoms with E-state index in [9.17, 15) is 4.79 Å². The molecule has 1 fully saturated rings. The van der Waals surface area contributed by atoms with E-state index in [-0.39, 0.29) is 5.91 Å². The first-order valence-electron chi connectivity index (χ1n) is 6.46. The Kier molecular flexibility index (Phi) is 3.95. The second-order valence-electron chi connectivity index (χ2n) is 5.14. The molecule has 0 aromatic heterocycles. The maximum atomic E-state index is 11.9. The van der Waals surface area contributed by atoms with E-state index in [0.29, 0.717) is 6.54 Å². The summed E-state index contributed by atoms with van der Waals surface area (Å²) in [6.07, 6.45) is 1.71. The van der Waals surface area contributed by atoms with Crippen molar-refractivity contribution in [1.29, 1.82) is 0 Å². The number of methoxy groups -OCH3 is 1. The van der Waals surface area contributed by atoms with Crippen LogP contribution in [-0.2, 0) is 4.79 Å². The van der Waals surface area contributed by atoms with Crippen molar-refractivity contribution < 1.29 is 9.53 Å². The number of hydrogen-bond acceptors (Lipinski definition) is 4. The number of rotatable bonds is 4. The summed E-state index contributed by atoms with van der Waals surface area (Å²) in [5.41, 5.74) is 5.78. The predicted molar refractivity (Wildman–Crippen MR) is 75.3 cm³/mol. The standard InChI is InChI=1S/C14H21N3O2/c1-17-8-4-7-14(10-17,13(15)18)16-11-5-3-6-12(9-11)19-2/h3,5-6,9,16H,4,7-8,10H2,1-2H3,(H2,15,18). The van der Waals surface area contributed by atoms with Crippen LogP contribution in [0.1, 0.15) is 12.8 Å². The van der Waals surface area contributed by atoms with Crippen LogP contribution in [0.25, 0.3) is 0 Å². The molecule has 19 heavy (non-hydrogen) atoms. The normalized spacial score (nSPS) is 23.9. The van der Waals surface area contributed by atoms with Crippen LogP contribution >= 0.6 is 0 Å². The van der Waals surface area contributed by atoms with Crippen molar-refractivity contribution in [1.82, 2.24) is 4.90 Å². The van der Waals surface area contributed by atoms with Crippen LogP contribution in [0.4, 0.5) is 5.69 Å². The second-order valence-corrected chi connectivity index (χ2v) is 5.14. The summed E-state index contributed by atoms with van der Waals surface area (Å²) in [5, 5.41) is 3.30. The average Bonchev–Trinajstić information content (AvgIpc) is 2.38. The number of likely N-dealkylation sites (N-methyl/N-ethyl adjacent to an activating group) is 1. The van der Waals surface area contributed by atoms with Gasteiger partial charge in [-0.25, -0.2) is 0 Å². The highest BCUT2D eigenvalue weighted by atomic mass is 16.5. The number of primary amides is 1. The van der Waals surface area contributed by atoms with E-state index in [2.05, 4.69) is 10.2 Å². The number of ether oxygens (including phenoxy) is 1. The first-order valence-corrected chi connectivity index (χ1v) is 6.46. The molecule has 1 aromatic carbocycles. The molecular weight excluding hydrogens is 242 g/mol. The van der Waals surface area contributed by atoms with E-state index in [1.807, 2.05) is 31.3 Å². The van der Waals surface area contributed by atoms with Crippen molar-refractivity contribution >= 4 is 11.6 Å². The lowest BCUT2D eigenvalue weighted by atomic mass is 9.88. The summed E-state index contributed by atoms with van der Waals surface area (Å²) < 4.78 is 5.19. The van der Waals surface area contributed by atoms with E-state index in [1.165, 1.54) is 0 Å². The van der Waals surface area contributed by atoms with Gasteiger partial charge in [-0.2, -0.15) is 0 Å². The highest BCUT2D eigenvalue weighted by Crippen LogP contribution is 2.27. The van der Waals surface area contributed by atoms with Gasteiger partial charge in [-0.3, -0.25) is 4.79 Å². The Morgan fingerprint density at radius 1 is 1.53 bits per heavy atom. The molecule has 0 bridgehead atoms. The van der Waals surface area contributed by atoms with E-state index < -0.39 is 5.54 Å². The smallest absolute Gasteiger partial charge is 0.244 e. The monoisotopic (exact) mass is 263 g/mol. The molecule has 1 aliphatic rings. The van der Waals surface area contributed by atoms with Crippen LogP contribution in [0.15, 0.2) is 24.3 Å². The Morgan fingerprint density at radius 2 is 2.32 bits per heavy atom. The molecule has 1 atom stereocenters. The Labute approximate surface area is 113 Å². The largest absolute Gasteiger partial charge is 0.497 e. The lowest BCUT2D eigenvalue weighted by molar-refractivity contribution is -0.123. The molecule has 0 spiro atoms. The number of nitrogens with two attached hydrogens (primary N) is 1. The Morgan fingerprint density at radius 3 is 2.95 bits per heavy atom. The van der Waals surface area contributed by atoms with E-state index in [0.717, 1.165) is 30.8 Å². The molecule has 104 valence electrons. The number of anilines is 1. The molecular formula is C14H21N3O2. The number of amides is 1. The third-order valence-corrected chi connectivity index (χ3v) is 3.61. The van der Waals surface area contributed by atoms with E-state index in [4.69, 9.17) is 10.5 Å². The summed E-state index contributed by atoms with van der Waals surface area (Å²) in [6, 6.07) is 7.55. The number of likely N-dealkylation sites (tertiary alicyclic amines) is 1. The van der Waals surface area contributed by atoms with Crippen LogP contribution in [0.2, 0.25) is 0 Å². The highest BCUT2D eigenvalue weighted by Gasteiger charge is 2.39. The summed E-state index contributed by atoms with van der Waals surface area (Å²) in [5.74, 6) is 0.454. The lowest BCUT2D eigenvalue weighted by Crippen LogP contribution is -2.59. The summed E-state index contributed by atoms with van der Waals surface area (Å²) >= 11 is 0. The number of hydrogen-bond donors (Lipinski definition) is 2. The van der Waals surface area contributed by atoms with Crippen molar-refractivity contribution in [2.24, 2.45) is 5.73 Å². The van der Waals surface area contributed by atoms with Crippen LogP contribution in [0.5, 0.6) is 5.75 Å². The fourth-order valence-corrected chi connectivity index (χ4v) is 2.61. The summed E-state index contributed by atoms with van der Waals surface area (Å²) in [4.78, 5) is 14.0. The number of carbonyl (C=O) groups excluding carboxylic acids is 1. The maximum Gasteiger partial charge on any atom is 0.244 e. The fourth-order valence-electron chi connectivity index (χ4n) is 2.61. The molecule has 5 nitrogen and oxygen atoms in total. The third-order valence-electron chi connectivity index (χ3n) is 3.61. The van der Waals surface area contributed by atoms with E-state index in [1.54, 1.807) is 7.11 Å². The van der Waals surface area contributed by atoms with Gasteiger partial charge in [-0.1, -0.05) is 6.07 Å². The van der Waals surface area contributed by atoms with Crippen LogP contribution in [0.3, 0.4) is 0 Å². The van der Waals surface area contributed by atoms with Gasteiger partial charge in [0, 0.05) is 18.3 Å². The Bertz CT molecular complexity index is 464. The van der Waals surface area contributed by atoms with Gasteiger partial charge in [0.25, 0.3) is 0 Å². The predicted octanol–water partition coefficient (Wildman–Crippen LogP) is 1.06. The highest BCUT2D eigenvalue weighted by molar-refractivity contribution is 5.88. The van der Waals surface area contributed by atoms with Gasteiger partial charge < -0.3 is 20.7 Å². The zero-order valence-corrected chi connectivity index (χ0v) is 11.5. The first-order chi connectivity index (χ1) is 9.05. The zero-order valence-electron chi connectivity index (χ0n) is 11.5. The number of benzene rings is 1. The van der Waals surface area contributed by atoms with Gasteiger partial charge in [0.05, 0.1) is 7.11 Å². The van der Waals surface area contributed by atoms with Gasteiger partial charge >= 0.3 is 0 Å². The maximum absolute atomic E-state index is 11.9. The van der Waals surface area contributed by atoms with Gasteiger partial charge in [0.15, 0.2) is 0 Å². The van der Waals surface area contributed by atoms with Gasteiger partial charge in [0.2, 0.25) is 5.91 Å². The van der Waals surface area contributed by atoms with Crippen LogP contribution < -0.4 is 15.8 Å². The molecule has 0 aliphatic carbocycles. The second kappa shape index (κ2) is 5.48. The van der Waals surface area contributed by atoms with Gasteiger partial charge in [-0.15, -0.1) is 0 Å². The lowest BCUT2D eigenvalue weighted by Gasteiger charge is -2.40. The van der Waals surface area contributed by atoms with Crippen molar-refractivity contribution in [3.05, 3.63) is 24.3 Å². The molecule has 3 N–H and O–H groups in total. The number of nitrogens with zero attached hydrogens (tertiary/aromatic N) is 1. The molecule has 1 aliphatic heterocycles.